The number of carbonyl (C=O) groups is 1. The van der Waals surface area contributed by atoms with Gasteiger partial charge >= 0.3 is 0 Å². The van der Waals surface area contributed by atoms with Crippen molar-refractivity contribution in [2.45, 2.75) is 11.7 Å². The SMILES string of the molecule is COc1ccc(CNC(=O)CSc2nnc(-c3ccncc3)n2-c2ccc(F)cc2)cc1. The largest absolute Gasteiger partial charge is 0.497 e. The first kappa shape index (κ1) is 21.5. The predicted molar refractivity (Wildman–Crippen MR) is 120 cm³/mol. The third kappa shape index (κ3) is 5.12. The fraction of sp³-hybridized carbons (Fsp3) is 0.130. The van der Waals surface area contributed by atoms with Gasteiger partial charge < -0.3 is 10.1 Å². The molecule has 0 saturated heterocycles. The molecule has 4 aromatic rings. The predicted octanol–water partition coefficient (Wildman–Crippen LogP) is 3.89. The first-order chi connectivity index (χ1) is 15.6. The van der Waals surface area contributed by atoms with E-state index in [1.807, 2.05) is 36.4 Å². The molecule has 0 aliphatic heterocycles. The highest BCUT2D eigenvalue weighted by Crippen LogP contribution is 2.27. The van der Waals surface area contributed by atoms with Gasteiger partial charge in [-0.1, -0.05) is 23.9 Å². The van der Waals surface area contributed by atoms with Crippen LogP contribution in [0.15, 0.2) is 78.2 Å². The van der Waals surface area contributed by atoms with Gasteiger partial charge in [-0.25, -0.2) is 4.39 Å². The normalized spacial score (nSPS) is 10.7. The second kappa shape index (κ2) is 10.1. The van der Waals surface area contributed by atoms with Crippen molar-refractivity contribution in [2.75, 3.05) is 12.9 Å². The van der Waals surface area contributed by atoms with Gasteiger partial charge in [0.25, 0.3) is 0 Å². The van der Waals surface area contributed by atoms with Crippen molar-refractivity contribution < 1.29 is 13.9 Å². The summed E-state index contributed by atoms with van der Waals surface area (Å²) in [5, 5.41) is 12.0. The second-order valence-electron chi connectivity index (χ2n) is 6.77. The standard InChI is InChI=1S/C23H20FN5O2S/c1-31-20-8-2-16(3-9-20)14-26-21(30)15-32-23-28-27-22(17-10-12-25-13-11-17)29(23)19-6-4-18(24)5-7-19/h2-13H,14-15H2,1H3,(H,26,30). The molecule has 0 fully saturated rings. The summed E-state index contributed by atoms with van der Waals surface area (Å²) in [6, 6.07) is 17.2. The van der Waals surface area contributed by atoms with Gasteiger partial charge in [-0.2, -0.15) is 0 Å². The summed E-state index contributed by atoms with van der Waals surface area (Å²) in [5.74, 6) is 1.04. The summed E-state index contributed by atoms with van der Waals surface area (Å²) in [4.78, 5) is 16.4. The molecule has 4 rings (SSSR count). The van der Waals surface area contributed by atoms with E-state index in [0.717, 1.165) is 16.9 Å². The Labute approximate surface area is 188 Å². The van der Waals surface area contributed by atoms with Crippen molar-refractivity contribution in [1.29, 1.82) is 0 Å². The van der Waals surface area contributed by atoms with Crippen molar-refractivity contribution in [2.24, 2.45) is 0 Å². The van der Waals surface area contributed by atoms with Crippen LogP contribution in [0.4, 0.5) is 4.39 Å². The first-order valence-corrected chi connectivity index (χ1v) is 10.8. The van der Waals surface area contributed by atoms with Gasteiger partial charge in [0.15, 0.2) is 11.0 Å². The minimum Gasteiger partial charge on any atom is -0.497 e. The quantitative estimate of drug-likeness (QED) is 0.411. The summed E-state index contributed by atoms with van der Waals surface area (Å²) in [5.41, 5.74) is 2.48. The number of methoxy groups -OCH3 is 1. The molecular weight excluding hydrogens is 429 g/mol. The van der Waals surface area contributed by atoms with Gasteiger partial charge in [-0.05, 0) is 54.1 Å². The topological polar surface area (TPSA) is 81.9 Å². The van der Waals surface area contributed by atoms with Gasteiger partial charge in [-0.3, -0.25) is 14.3 Å². The van der Waals surface area contributed by atoms with Crippen molar-refractivity contribution in [3.05, 3.63) is 84.4 Å². The van der Waals surface area contributed by atoms with Crippen molar-refractivity contribution >= 4 is 17.7 Å². The van der Waals surface area contributed by atoms with E-state index in [9.17, 15) is 9.18 Å². The van der Waals surface area contributed by atoms with Gasteiger partial charge in [0.05, 0.1) is 12.9 Å². The van der Waals surface area contributed by atoms with E-state index >= 15 is 0 Å². The molecule has 0 unspecified atom stereocenters. The monoisotopic (exact) mass is 449 g/mol. The lowest BCUT2D eigenvalue weighted by Crippen LogP contribution is -2.24. The minimum absolute atomic E-state index is 0.134. The lowest BCUT2D eigenvalue weighted by atomic mass is 10.2. The second-order valence-corrected chi connectivity index (χ2v) is 7.71. The molecule has 0 spiro atoms. The third-order valence-corrected chi connectivity index (χ3v) is 5.57. The van der Waals surface area contributed by atoms with E-state index in [1.54, 1.807) is 36.2 Å². The molecule has 0 aliphatic carbocycles. The molecule has 0 saturated carbocycles. The Morgan fingerprint density at radius 2 is 1.75 bits per heavy atom. The highest BCUT2D eigenvalue weighted by atomic mass is 32.2. The lowest BCUT2D eigenvalue weighted by Gasteiger charge is -2.10. The van der Waals surface area contributed by atoms with Crippen LogP contribution in [0.5, 0.6) is 5.75 Å². The molecule has 1 amide bonds. The third-order valence-electron chi connectivity index (χ3n) is 4.64. The molecule has 1 N–H and O–H groups in total. The van der Waals surface area contributed by atoms with E-state index in [1.165, 1.54) is 23.9 Å². The molecule has 7 nitrogen and oxygen atoms in total. The number of rotatable bonds is 8. The molecule has 2 aromatic carbocycles. The molecule has 2 heterocycles. The van der Waals surface area contributed by atoms with Crippen LogP contribution < -0.4 is 10.1 Å². The van der Waals surface area contributed by atoms with Crippen LogP contribution in [0, 0.1) is 5.82 Å². The summed E-state index contributed by atoms with van der Waals surface area (Å²) >= 11 is 1.26. The molecule has 0 aliphatic rings. The fourth-order valence-electron chi connectivity index (χ4n) is 3.00. The van der Waals surface area contributed by atoms with Crippen molar-refractivity contribution in [3.8, 4) is 22.8 Å². The van der Waals surface area contributed by atoms with Crippen LogP contribution >= 0.6 is 11.8 Å². The van der Waals surface area contributed by atoms with Gasteiger partial charge in [0, 0.05) is 30.2 Å². The number of halogens is 1. The Hall–Kier alpha value is -3.72. The first-order valence-electron chi connectivity index (χ1n) is 9.78. The number of thioether (sulfide) groups is 1. The minimum atomic E-state index is -0.334. The molecular formula is C23H20FN5O2S. The zero-order valence-electron chi connectivity index (χ0n) is 17.2. The molecule has 162 valence electrons. The number of nitrogens with zero attached hydrogens (tertiary/aromatic N) is 4. The number of carbonyl (C=O) groups excluding carboxylic acids is 1. The zero-order valence-corrected chi connectivity index (χ0v) is 18.1. The summed E-state index contributed by atoms with van der Waals surface area (Å²) in [7, 11) is 1.61. The maximum atomic E-state index is 13.5. The average molecular weight is 450 g/mol. The van der Waals surface area contributed by atoms with E-state index < -0.39 is 0 Å². The van der Waals surface area contributed by atoms with Gasteiger partial charge in [-0.15, -0.1) is 10.2 Å². The summed E-state index contributed by atoms with van der Waals surface area (Å²) in [6.45, 7) is 0.413. The molecule has 0 radical (unpaired) electrons. The maximum absolute atomic E-state index is 13.5. The smallest absolute Gasteiger partial charge is 0.230 e. The van der Waals surface area contributed by atoms with E-state index in [0.29, 0.717) is 23.2 Å². The Morgan fingerprint density at radius 1 is 1.03 bits per heavy atom. The van der Waals surface area contributed by atoms with Crippen LogP contribution in [-0.2, 0) is 11.3 Å². The van der Waals surface area contributed by atoms with Crippen LogP contribution in [0.25, 0.3) is 17.1 Å². The molecule has 0 atom stereocenters. The molecule has 9 heteroatoms. The molecule has 0 bridgehead atoms. The highest BCUT2D eigenvalue weighted by molar-refractivity contribution is 7.99. The summed E-state index contributed by atoms with van der Waals surface area (Å²) in [6.07, 6.45) is 3.33. The van der Waals surface area contributed by atoms with Crippen molar-refractivity contribution in [1.82, 2.24) is 25.1 Å². The molecule has 2 aromatic heterocycles. The summed E-state index contributed by atoms with van der Waals surface area (Å²) < 4.78 is 20.4. The Bertz CT molecular complexity index is 1180. The lowest BCUT2D eigenvalue weighted by molar-refractivity contribution is -0.118. The number of benzene rings is 2. The number of nitrogens with one attached hydrogen (secondary N) is 1. The van der Waals surface area contributed by atoms with Crippen LogP contribution in [0.3, 0.4) is 0 Å². The average Bonchev–Trinajstić information content (AvgIpc) is 3.27. The Kier molecular flexibility index (Phi) is 6.76. The number of aromatic nitrogens is 4. The highest BCUT2D eigenvalue weighted by Gasteiger charge is 2.17. The van der Waals surface area contributed by atoms with E-state index in [4.69, 9.17) is 4.74 Å². The number of amides is 1. The van der Waals surface area contributed by atoms with E-state index in [-0.39, 0.29) is 17.5 Å². The van der Waals surface area contributed by atoms with Gasteiger partial charge in [0.2, 0.25) is 5.91 Å². The maximum Gasteiger partial charge on any atom is 0.230 e. The van der Waals surface area contributed by atoms with Crippen LogP contribution in [-0.4, -0.2) is 38.5 Å². The fourth-order valence-corrected chi connectivity index (χ4v) is 3.78. The van der Waals surface area contributed by atoms with Crippen molar-refractivity contribution in [3.63, 3.8) is 0 Å². The zero-order chi connectivity index (χ0) is 22.3. The van der Waals surface area contributed by atoms with Crippen LogP contribution in [0.2, 0.25) is 0 Å². The number of pyridine rings is 1. The number of ether oxygens (including phenoxy) is 1. The van der Waals surface area contributed by atoms with Crippen LogP contribution in [0.1, 0.15) is 5.56 Å². The number of hydrogen-bond donors (Lipinski definition) is 1. The molecule has 32 heavy (non-hydrogen) atoms. The Balaban J connectivity index is 1.48. The Morgan fingerprint density at radius 3 is 2.44 bits per heavy atom. The number of hydrogen-bond acceptors (Lipinski definition) is 6. The van der Waals surface area contributed by atoms with E-state index in [2.05, 4.69) is 20.5 Å². The van der Waals surface area contributed by atoms with Gasteiger partial charge in [0.1, 0.15) is 11.6 Å².